The summed E-state index contributed by atoms with van der Waals surface area (Å²) in [5, 5.41) is 11.8. The fourth-order valence-electron chi connectivity index (χ4n) is 2.51. The molecule has 0 heterocycles. The average Bonchev–Trinajstić information content (AvgIpc) is 2.66. The Morgan fingerprint density at radius 1 is 1.11 bits per heavy atom. The Morgan fingerprint density at radius 2 is 1.85 bits per heavy atom. The van der Waals surface area contributed by atoms with Crippen LogP contribution in [0, 0.1) is 0 Å². The van der Waals surface area contributed by atoms with Crippen molar-refractivity contribution in [2.75, 3.05) is 13.7 Å². The summed E-state index contributed by atoms with van der Waals surface area (Å²) in [5.41, 5.74) is 1.42. The van der Waals surface area contributed by atoms with E-state index in [0.29, 0.717) is 23.7 Å². The highest BCUT2D eigenvalue weighted by molar-refractivity contribution is 5.72. The van der Waals surface area contributed by atoms with Crippen molar-refractivity contribution in [3.05, 3.63) is 59.7 Å². The summed E-state index contributed by atoms with van der Waals surface area (Å²) < 4.78 is 15.9. The van der Waals surface area contributed by atoms with Crippen molar-refractivity contribution in [3.8, 4) is 11.5 Å². The number of benzene rings is 2. The summed E-state index contributed by atoms with van der Waals surface area (Å²) in [4.78, 5) is 23.4. The minimum Gasteiger partial charge on any atom is -0.493 e. The first-order chi connectivity index (χ1) is 13.0. The van der Waals surface area contributed by atoms with Gasteiger partial charge in [-0.3, -0.25) is 4.79 Å². The first-order valence-corrected chi connectivity index (χ1v) is 8.53. The van der Waals surface area contributed by atoms with Crippen molar-refractivity contribution in [2.24, 2.45) is 0 Å². The molecule has 2 N–H and O–H groups in total. The molecule has 2 aromatic rings. The van der Waals surface area contributed by atoms with Gasteiger partial charge in [0.25, 0.3) is 0 Å². The molecule has 2 rings (SSSR count). The van der Waals surface area contributed by atoms with Crippen molar-refractivity contribution in [3.63, 3.8) is 0 Å². The summed E-state index contributed by atoms with van der Waals surface area (Å²) in [5.74, 6) is -0.0363. The van der Waals surface area contributed by atoms with Gasteiger partial charge >= 0.3 is 12.1 Å². The van der Waals surface area contributed by atoms with Crippen molar-refractivity contribution < 1.29 is 28.9 Å². The second-order valence-corrected chi connectivity index (χ2v) is 5.70. The first kappa shape index (κ1) is 20.1. The van der Waals surface area contributed by atoms with Crippen LogP contribution >= 0.6 is 0 Å². The van der Waals surface area contributed by atoms with E-state index in [9.17, 15) is 14.7 Å². The van der Waals surface area contributed by atoms with Crippen LogP contribution in [-0.2, 0) is 16.1 Å². The fourth-order valence-corrected chi connectivity index (χ4v) is 2.51. The highest BCUT2D eigenvalue weighted by Crippen LogP contribution is 2.31. The molecule has 0 aliphatic carbocycles. The Balaban J connectivity index is 2.11. The van der Waals surface area contributed by atoms with Crippen LogP contribution in [0.1, 0.15) is 30.5 Å². The lowest BCUT2D eigenvalue weighted by Gasteiger charge is -2.19. The molecule has 0 aromatic heterocycles. The zero-order valence-electron chi connectivity index (χ0n) is 15.3. The van der Waals surface area contributed by atoms with Crippen molar-refractivity contribution in [1.29, 1.82) is 0 Å². The SMILES string of the molecule is CCOc1cc([C@H](CC(=O)O)NC(=O)OCc2ccccc2)ccc1OC. The zero-order chi connectivity index (χ0) is 19.6. The minimum absolute atomic E-state index is 0.0965. The molecular formula is C20H23NO6. The summed E-state index contributed by atoms with van der Waals surface area (Å²) in [6.07, 6.45) is -0.989. The maximum Gasteiger partial charge on any atom is 0.407 e. The van der Waals surface area contributed by atoms with Crippen LogP contribution < -0.4 is 14.8 Å². The van der Waals surface area contributed by atoms with Gasteiger partial charge in [0.1, 0.15) is 6.61 Å². The highest BCUT2D eigenvalue weighted by atomic mass is 16.5. The van der Waals surface area contributed by atoms with Gasteiger partial charge in [0.05, 0.1) is 26.2 Å². The molecule has 1 amide bonds. The number of rotatable bonds is 9. The van der Waals surface area contributed by atoms with Gasteiger partial charge in [-0.15, -0.1) is 0 Å². The molecule has 0 aliphatic heterocycles. The number of nitrogens with one attached hydrogen (secondary N) is 1. The van der Waals surface area contributed by atoms with Gasteiger partial charge in [-0.1, -0.05) is 36.4 Å². The number of carbonyl (C=O) groups excluding carboxylic acids is 1. The van der Waals surface area contributed by atoms with Gasteiger partial charge in [-0.25, -0.2) is 4.79 Å². The lowest BCUT2D eigenvalue weighted by molar-refractivity contribution is -0.137. The Labute approximate surface area is 157 Å². The van der Waals surface area contributed by atoms with Crippen LogP contribution in [0.15, 0.2) is 48.5 Å². The van der Waals surface area contributed by atoms with Gasteiger partial charge in [0.2, 0.25) is 0 Å². The third-order valence-corrected chi connectivity index (χ3v) is 3.77. The number of methoxy groups -OCH3 is 1. The molecule has 0 saturated heterocycles. The molecule has 0 fully saturated rings. The Bertz CT molecular complexity index is 762. The van der Waals surface area contributed by atoms with Crippen molar-refractivity contribution >= 4 is 12.1 Å². The van der Waals surface area contributed by atoms with Gasteiger partial charge in [0, 0.05) is 0 Å². The molecule has 27 heavy (non-hydrogen) atoms. The van der Waals surface area contributed by atoms with E-state index in [4.69, 9.17) is 14.2 Å². The number of aliphatic carboxylic acids is 1. The van der Waals surface area contributed by atoms with Crippen LogP contribution in [-0.4, -0.2) is 30.9 Å². The molecule has 0 bridgehead atoms. The number of alkyl carbamates (subject to hydrolysis) is 1. The molecule has 7 nitrogen and oxygen atoms in total. The highest BCUT2D eigenvalue weighted by Gasteiger charge is 2.20. The predicted molar refractivity (Wildman–Crippen MR) is 98.9 cm³/mol. The van der Waals surface area contributed by atoms with E-state index in [1.54, 1.807) is 18.2 Å². The van der Waals surface area contributed by atoms with Crippen LogP contribution in [0.4, 0.5) is 4.79 Å². The van der Waals surface area contributed by atoms with E-state index >= 15 is 0 Å². The quantitative estimate of drug-likeness (QED) is 0.698. The van der Waals surface area contributed by atoms with E-state index < -0.39 is 18.1 Å². The fraction of sp³-hybridized carbons (Fsp3) is 0.300. The second-order valence-electron chi connectivity index (χ2n) is 5.70. The van der Waals surface area contributed by atoms with Gasteiger partial charge in [0.15, 0.2) is 11.5 Å². The third kappa shape index (κ3) is 6.22. The van der Waals surface area contributed by atoms with Gasteiger partial charge < -0.3 is 24.6 Å². The molecule has 1 atom stereocenters. The summed E-state index contributed by atoms with van der Waals surface area (Å²) >= 11 is 0. The molecular weight excluding hydrogens is 350 g/mol. The number of carboxylic acid groups (broad SMARTS) is 1. The van der Waals surface area contributed by atoms with E-state index in [1.165, 1.54) is 7.11 Å². The Kier molecular flexibility index (Phi) is 7.49. The predicted octanol–water partition coefficient (Wildman–Crippen LogP) is 3.54. The monoisotopic (exact) mass is 373 g/mol. The number of carboxylic acids is 1. The maximum absolute atomic E-state index is 12.1. The van der Waals surface area contributed by atoms with E-state index in [0.717, 1.165) is 5.56 Å². The number of ether oxygens (including phenoxy) is 3. The lowest BCUT2D eigenvalue weighted by atomic mass is 10.0. The smallest absolute Gasteiger partial charge is 0.407 e. The number of hydrogen-bond acceptors (Lipinski definition) is 5. The molecule has 144 valence electrons. The molecule has 2 aromatic carbocycles. The molecule has 0 aliphatic rings. The van der Waals surface area contributed by atoms with Crippen molar-refractivity contribution in [2.45, 2.75) is 26.0 Å². The number of carbonyl (C=O) groups is 2. The van der Waals surface area contributed by atoms with E-state index in [2.05, 4.69) is 5.32 Å². The summed E-state index contributed by atoms with van der Waals surface area (Å²) in [6, 6.07) is 13.5. The summed E-state index contributed by atoms with van der Waals surface area (Å²) in [7, 11) is 1.52. The maximum atomic E-state index is 12.1. The number of amides is 1. The van der Waals surface area contributed by atoms with Crippen molar-refractivity contribution in [1.82, 2.24) is 5.32 Å². The van der Waals surface area contributed by atoms with Crippen LogP contribution in [0.25, 0.3) is 0 Å². The van der Waals surface area contributed by atoms with Crippen LogP contribution in [0.3, 0.4) is 0 Å². The largest absolute Gasteiger partial charge is 0.493 e. The van der Waals surface area contributed by atoms with E-state index in [1.807, 2.05) is 37.3 Å². The molecule has 7 heteroatoms. The standard InChI is InChI=1S/C20H23NO6/c1-3-26-18-11-15(9-10-17(18)25-2)16(12-19(22)23)21-20(24)27-13-14-7-5-4-6-8-14/h4-11,16H,3,12-13H2,1-2H3,(H,21,24)(H,22,23)/t16-/m0/s1. The Hall–Kier alpha value is -3.22. The van der Waals surface area contributed by atoms with Gasteiger partial charge in [-0.2, -0.15) is 0 Å². The molecule has 0 saturated carbocycles. The summed E-state index contributed by atoms with van der Waals surface area (Å²) in [6.45, 7) is 2.36. The first-order valence-electron chi connectivity index (χ1n) is 8.53. The number of hydrogen-bond donors (Lipinski definition) is 2. The topological polar surface area (TPSA) is 94.1 Å². The normalized spacial score (nSPS) is 11.3. The average molecular weight is 373 g/mol. The lowest BCUT2D eigenvalue weighted by Crippen LogP contribution is -2.30. The van der Waals surface area contributed by atoms with Gasteiger partial charge in [-0.05, 0) is 30.2 Å². The van der Waals surface area contributed by atoms with E-state index in [-0.39, 0.29) is 13.0 Å². The minimum atomic E-state index is -1.04. The molecule has 0 radical (unpaired) electrons. The third-order valence-electron chi connectivity index (χ3n) is 3.77. The Morgan fingerprint density at radius 3 is 2.48 bits per heavy atom. The van der Waals surface area contributed by atoms with Crippen LogP contribution in [0.5, 0.6) is 11.5 Å². The second kappa shape index (κ2) is 10.1. The van der Waals surface area contributed by atoms with Crippen LogP contribution in [0.2, 0.25) is 0 Å². The zero-order valence-corrected chi connectivity index (χ0v) is 15.3. The molecule has 0 unspecified atom stereocenters. The molecule has 0 spiro atoms.